The maximum absolute atomic E-state index is 12.9. The number of benzene rings is 2. The zero-order valence-electron chi connectivity index (χ0n) is 13.3. The third kappa shape index (κ3) is 4.21. The number of aromatic nitrogens is 1. The van der Waals surface area contributed by atoms with Crippen LogP contribution in [0.5, 0.6) is 0 Å². The van der Waals surface area contributed by atoms with Crippen molar-refractivity contribution in [2.45, 2.75) is 18.2 Å². The zero-order valence-corrected chi connectivity index (χ0v) is 15.0. The fraction of sp³-hybridized carbons (Fsp3) is 0.176. The summed E-state index contributed by atoms with van der Waals surface area (Å²) in [6, 6.07) is 9.91. The molecule has 0 saturated heterocycles. The molecule has 0 aliphatic carbocycles. The first-order valence-corrected chi connectivity index (χ1v) is 9.96. The molecule has 1 heterocycles. The van der Waals surface area contributed by atoms with Crippen molar-refractivity contribution in [2.24, 2.45) is 0 Å². The van der Waals surface area contributed by atoms with Crippen molar-refractivity contribution in [3.63, 3.8) is 0 Å². The molecule has 0 atom stereocenters. The molecule has 0 unspecified atom stereocenters. The number of halogens is 1. The molecule has 1 aromatic heterocycles. The molecule has 1 N–H and O–H groups in total. The highest BCUT2D eigenvalue weighted by atomic mass is 32.2. The van der Waals surface area contributed by atoms with Crippen molar-refractivity contribution < 1.29 is 17.6 Å². The van der Waals surface area contributed by atoms with E-state index in [0.717, 1.165) is 27.4 Å². The highest BCUT2D eigenvalue weighted by Crippen LogP contribution is 2.24. The minimum Gasteiger partial charge on any atom is -0.326 e. The van der Waals surface area contributed by atoms with Crippen molar-refractivity contribution in [1.82, 2.24) is 4.98 Å². The Hall–Kier alpha value is -2.32. The molecule has 0 saturated carbocycles. The van der Waals surface area contributed by atoms with Gasteiger partial charge < -0.3 is 5.32 Å². The summed E-state index contributed by atoms with van der Waals surface area (Å²) in [6.45, 7) is 1.91. The summed E-state index contributed by atoms with van der Waals surface area (Å²) in [7, 11) is -3.63. The predicted molar refractivity (Wildman–Crippen MR) is 96.1 cm³/mol. The lowest BCUT2D eigenvalue weighted by Gasteiger charge is -2.06. The molecule has 130 valence electrons. The Kier molecular flexibility index (Phi) is 4.82. The van der Waals surface area contributed by atoms with Crippen molar-refractivity contribution in [3.05, 3.63) is 53.3 Å². The third-order valence-electron chi connectivity index (χ3n) is 3.55. The molecule has 8 heteroatoms. The van der Waals surface area contributed by atoms with Crippen molar-refractivity contribution in [3.8, 4) is 0 Å². The van der Waals surface area contributed by atoms with Crippen LogP contribution in [-0.2, 0) is 14.6 Å². The van der Waals surface area contributed by atoms with Gasteiger partial charge in [-0.2, -0.15) is 0 Å². The monoisotopic (exact) mass is 378 g/mol. The van der Waals surface area contributed by atoms with Crippen LogP contribution in [0.1, 0.15) is 11.4 Å². The first kappa shape index (κ1) is 17.5. The van der Waals surface area contributed by atoms with E-state index in [2.05, 4.69) is 10.3 Å². The number of nitrogens with zero attached hydrogens (tertiary/aromatic N) is 1. The number of anilines is 1. The van der Waals surface area contributed by atoms with Gasteiger partial charge in [0.05, 0.1) is 25.9 Å². The van der Waals surface area contributed by atoms with Gasteiger partial charge in [0.1, 0.15) is 5.82 Å². The van der Waals surface area contributed by atoms with E-state index >= 15 is 0 Å². The number of fused-ring (bicyclic) bond motifs is 1. The molecular weight excluding hydrogens is 363 g/mol. The topological polar surface area (TPSA) is 76.1 Å². The number of carbonyl (C=O) groups is 1. The molecule has 3 aromatic rings. The normalized spacial score (nSPS) is 11.6. The van der Waals surface area contributed by atoms with Crippen molar-refractivity contribution in [2.75, 3.05) is 11.1 Å². The van der Waals surface area contributed by atoms with Gasteiger partial charge in [-0.25, -0.2) is 17.8 Å². The van der Waals surface area contributed by atoms with Crippen LogP contribution >= 0.6 is 11.3 Å². The summed E-state index contributed by atoms with van der Waals surface area (Å²) in [5, 5.41) is 3.63. The van der Waals surface area contributed by atoms with Gasteiger partial charge in [-0.3, -0.25) is 4.79 Å². The number of nitrogens with one attached hydrogen (secondary N) is 1. The molecule has 2 aromatic carbocycles. The summed E-state index contributed by atoms with van der Waals surface area (Å²) in [6.07, 6.45) is -0.181. The minimum atomic E-state index is -3.63. The summed E-state index contributed by atoms with van der Waals surface area (Å²) in [4.78, 5) is 16.4. The SMILES string of the molecule is Cc1nc2ccc(NC(=O)CCS(=O)(=O)c3ccc(F)cc3)cc2s1. The van der Waals surface area contributed by atoms with E-state index < -0.39 is 21.6 Å². The molecule has 25 heavy (non-hydrogen) atoms. The van der Waals surface area contributed by atoms with Crippen LogP contribution in [0, 0.1) is 12.7 Å². The van der Waals surface area contributed by atoms with Crippen LogP contribution < -0.4 is 5.32 Å². The van der Waals surface area contributed by atoms with Gasteiger partial charge in [-0.05, 0) is 49.4 Å². The summed E-state index contributed by atoms with van der Waals surface area (Å²) in [5.74, 6) is -1.25. The van der Waals surface area contributed by atoms with Crippen LogP contribution in [0.25, 0.3) is 10.2 Å². The Morgan fingerprint density at radius 1 is 1.20 bits per heavy atom. The molecule has 5 nitrogen and oxygen atoms in total. The van der Waals surface area contributed by atoms with Gasteiger partial charge >= 0.3 is 0 Å². The number of carbonyl (C=O) groups excluding carboxylic acids is 1. The number of aryl methyl sites for hydroxylation is 1. The van der Waals surface area contributed by atoms with Crippen LogP contribution in [0.2, 0.25) is 0 Å². The van der Waals surface area contributed by atoms with E-state index in [0.29, 0.717) is 5.69 Å². The first-order chi connectivity index (χ1) is 11.8. The quantitative estimate of drug-likeness (QED) is 0.689. The lowest BCUT2D eigenvalue weighted by molar-refractivity contribution is -0.115. The Labute approximate surface area is 148 Å². The maximum atomic E-state index is 12.9. The maximum Gasteiger partial charge on any atom is 0.225 e. The molecule has 0 fully saturated rings. The highest BCUT2D eigenvalue weighted by Gasteiger charge is 2.16. The van der Waals surface area contributed by atoms with E-state index in [1.165, 1.54) is 23.5 Å². The second-order valence-electron chi connectivity index (χ2n) is 5.49. The fourth-order valence-corrected chi connectivity index (χ4v) is 4.43. The lowest BCUT2D eigenvalue weighted by Crippen LogP contribution is -2.17. The Bertz CT molecular complexity index is 1030. The van der Waals surface area contributed by atoms with E-state index in [1.54, 1.807) is 6.07 Å². The number of amides is 1. The Morgan fingerprint density at radius 2 is 1.92 bits per heavy atom. The summed E-state index contributed by atoms with van der Waals surface area (Å²) in [5.41, 5.74) is 1.46. The van der Waals surface area contributed by atoms with Gasteiger partial charge in [0, 0.05) is 12.1 Å². The van der Waals surface area contributed by atoms with E-state index in [1.807, 2.05) is 19.1 Å². The average Bonchev–Trinajstić information content (AvgIpc) is 2.93. The summed E-state index contributed by atoms with van der Waals surface area (Å²) >= 11 is 1.52. The van der Waals surface area contributed by atoms with Gasteiger partial charge in [-0.1, -0.05) is 0 Å². The van der Waals surface area contributed by atoms with Crippen molar-refractivity contribution in [1.29, 1.82) is 0 Å². The third-order valence-corrected chi connectivity index (χ3v) is 6.22. The zero-order chi connectivity index (χ0) is 18.0. The minimum absolute atomic E-state index is 0.00301. The molecule has 0 radical (unpaired) electrons. The molecule has 0 bridgehead atoms. The molecular formula is C17H15FN2O3S2. The molecule has 3 rings (SSSR count). The number of rotatable bonds is 5. The van der Waals surface area contributed by atoms with Gasteiger partial charge in [-0.15, -0.1) is 11.3 Å². The smallest absolute Gasteiger partial charge is 0.225 e. The number of hydrogen-bond acceptors (Lipinski definition) is 5. The Balaban J connectivity index is 1.64. The van der Waals surface area contributed by atoms with E-state index in [-0.39, 0.29) is 17.1 Å². The van der Waals surface area contributed by atoms with E-state index in [9.17, 15) is 17.6 Å². The predicted octanol–water partition coefficient (Wildman–Crippen LogP) is 3.55. The second kappa shape index (κ2) is 6.89. The van der Waals surface area contributed by atoms with Gasteiger partial charge in [0.2, 0.25) is 5.91 Å². The van der Waals surface area contributed by atoms with Gasteiger partial charge in [0.15, 0.2) is 9.84 Å². The first-order valence-electron chi connectivity index (χ1n) is 7.49. The van der Waals surface area contributed by atoms with Crippen LogP contribution in [0.4, 0.5) is 10.1 Å². The Morgan fingerprint density at radius 3 is 2.64 bits per heavy atom. The number of hydrogen-bond donors (Lipinski definition) is 1. The molecule has 0 aliphatic rings. The average molecular weight is 378 g/mol. The molecule has 1 amide bonds. The van der Waals surface area contributed by atoms with Crippen molar-refractivity contribution >= 4 is 43.0 Å². The molecule has 0 aliphatic heterocycles. The second-order valence-corrected chi connectivity index (χ2v) is 8.83. The van der Waals surface area contributed by atoms with E-state index in [4.69, 9.17) is 0 Å². The summed E-state index contributed by atoms with van der Waals surface area (Å²) < 4.78 is 38.2. The highest BCUT2D eigenvalue weighted by molar-refractivity contribution is 7.91. The number of thiazole rings is 1. The number of sulfone groups is 1. The van der Waals surface area contributed by atoms with Crippen LogP contribution in [-0.4, -0.2) is 25.1 Å². The van der Waals surface area contributed by atoms with Crippen LogP contribution in [0.3, 0.4) is 0 Å². The lowest BCUT2D eigenvalue weighted by atomic mass is 10.3. The molecule has 0 spiro atoms. The van der Waals surface area contributed by atoms with Crippen LogP contribution in [0.15, 0.2) is 47.4 Å². The standard InChI is InChI=1S/C17H15FN2O3S2/c1-11-19-15-7-4-13(10-16(15)24-11)20-17(21)8-9-25(22,23)14-5-2-12(18)3-6-14/h2-7,10H,8-9H2,1H3,(H,20,21). The fourth-order valence-electron chi connectivity index (χ4n) is 2.33. The van der Waals surface area contributed by atoms with Gasteiger partial charge in [0.25, 0.3) is 0 Å². The largest absolute Gasteiger partial charge is 0.326 e.